The van der Waals surface area contributed by atoms with Gasteiger partial charge < -0.3 is 4.74 Å². The summed E-state index contributed by atoms with van der Waals surface area (Å²) in [7, 11) is 0. The van der Waals surface area contributed by atoms with Crippen molar-refractivity contribution in [1.82, 2.24) is 4.98 Å². The Bertz CT molecular complexity index is 750. The number of para-hydroxylation sites is 1. The van der Waals surface area contributed by atoms with Crippen LogP contribution >= 0.6 is 15.9 Å². The molecule has 0 fully saturated rings. The predicted molar refractivity (Wildman–Crippen MR) is 85.6 cm³/mol. The number of rotatable bonds is 3. The van der Waals surface area contributed by atoms with Crippen LogP contribution in [0.1, 0.15) is 11.1 Å². The van der Waals surface area contributed by atoms with Crippen LogP contribution in [0.2, 0.25) is 0 Å². The van der Waals surface area contributed by atoms with Crippen molar-refractivity contribution in [2.75, 3.05) is 0 Å². The number of pyridine rings is 1. The maximum Gasteiger partial charge on any atom is 0.153 e. The molecule has 100 valence electrons. The molecule has 0 spiro atoms. The molecule has 1 heterocycles. The van der Waals surface area contributed by atoms with Gasteiger partial charge in [-0.05, 0) is 42.3 Å². The topological polar surface area (TPSA) is 22.1 Å². The van der Waals surface area contributed by atoms with Crippen LogP contribution in [0.4, 0.5) is 0 Å². The van der Waals surface area contributed by atoms with Gasteiger partial charge in [0, 0.05) is 16.9 Å². The zero-order valence-electron chi connectivity index (χ0n) is 11.1. The molecular weight excluding hydrogens is 314 g/mol. The van der Waals surface area contributed by atoms with Crippen LogP contribution in [-0.2, 0) is 5.33 Å². The Morgan fingerprint density at radius 1 is 1.10 bits per heavy atom. The van der Waals surface area contributed by atoms with E-state index in [1.807, 2.05) is 36.4 Å². The van der Waals surface area contributed by atoms with E-state index in [2.05, 4.69) is 40.0 Å². The largest absolute Gasteiger partial charge is 0.455 e. The summed E-state index contributed by atoms with van der Waals surface area (Å²) < 4.78 is 5.99. The molecule has 0 N–H and O–H groups in total. The zero-order valence-corrected chi connectivity index (χ0v) is 12.7. The zero-order chi connectivity index (χ0) is 13.9. The summed E-state index contributed by atoms with van der Waals surface area (Å²) in [6.45, 7) is 2.09. The highest BCUT2D eigenvalue weighted by molar-refractivity contribution is 9.08. The van der Waals surface area contributed by atoms with Crippen molar-refractivity contribution in [3.8, 4) is 11.5 Å². The molecule has 3 aromatic rings. The second-order valence-electron chi connectivity index (χ2n) is 4.66. The van der Waals surface area contributed by atoms with Gasteiger partial charge in [-0.15, -0.1) is 0 Å². The van der Waals surface area contributed by atoms with Gasteiger partial charge in [0.15, 0.2) is 5.75 Å². The summed E-state index contributed by atoms with van der Waals surface area (Å²) in [5.74, 6) is 1.62. The van der Waals surface area contributed by atoms with Gasteiger partial charge in [-0.1, -0.05) is 40.2 Å². The van der Waals surface area contributed by atoms with E-state index >= 15 is 0 Å². The summed E-state index contributed by atoms with van der Waals surface area (Å²) in [4.78, 5) is 4.40. The molecule has 2 aromatic carbocycles. The number of hydrogen-bond donors (Lipinski definition) is 0. The first-order chi connectivity index (χ1) is 9.78. The number of aromatic nitrogens is 1. The molecule has 1 aromatic heterocycles. The van der Waals surface area contributed by atoms with Crippen LogP contribution in [0, 0.1) is 6.92 Å². The van der Waals surface area contributed by atoms with Crippen LogP contribution in [-0.4, -0.2) is 4.98 Å². The number of halogens is 1. The molecule has 2 nitrogen and oxygen atoms in total. The fourth-order valence-electron chi connectivity index (χ4n) is 2.17. The minimum Gasteiger partial charge on any atom is -0.455 e. The third kappa shape index (κ3) is 2.54. The molecule has 0 aliphatic heterocycles. The van der Waals surface area contributed by atoms with Crippen LogP contribution in [0.3, 0.4) is 0 Å². The average molecular weight is 328 g/mol. The smallest absolute Gasteiger partial charge is 0.153 e. The molecule has 0 amide bonds. The van der Waals surface area contributed by atoms with Crippen molar-refractivity contribution in [1.29, 1.82) is 0 Å². The molecule has 0 bridgehead atoms. The number of benzene rings is 2. The molecule has 0 saturated heterocycles. The number of nitrogens with zero attached hydrogens (tertiary/aromatic N) is 1. The Hall–Kier alpha value is -1.87. The van der Waals surface area contributed by atoms with Gasteiger partial charge in [-0.25, -0.2) is 0 Å². The Labute approximate surface area is 126 Å². The Balaban J connectivity index is 1.99. The molecule has 0 aliphatic carbocycles. The SMILES string of the molecule is Cc1cc(Oc2cccc3cccnc23)ccc1CBr. The minimum atomic E-state index is 0.786. The van der Waals surface area contributed by atoms with Gasteiger partial charge in [0.1, 0.15) is 11.3 Å². The second kappa shape index (κ2) is 5.63. The molecule has 20 heavy (non-hydrogen) atoms. The van der Waals surface area contributed by atoms with Crippen molar-refractivity contribution < 1.29 is 4.74 Å². The lowest BCUT2D eigenvalue weighted by molar-refractivity contribution is 0.486. The quantitative estimate of drug-likeness (QED) is 0.614. The highest BCUT2D eigenvalue weighted by Crippen LogP contribution is 2.29. The van der Waals surface area contributed by atoms with Crippen LogP contribution in [0.25, 0.3) is 10.9 Å². The van der Waals surface area contributed by atoms with Gasteiger partial charge in [0.2, 0.25) is 0 Å². The average Bonchev–Trinajstić information content (AvgIpc) is 2.48. The van der Waals surface area contributed by atoms with E-state index in [1.54, 1.807) is 6.20 Å². The van der Waals surface area contributed by atoms with E-state index in [4.69, 9.17) is 4.74 Å². The van der Waals surface area contributed by atoms with E-state index in [1.165, 1.54) is 11.1 Å². The van der Waals surface area contributed by atoms with Crippen molar-refractivity contribution in [2.24, 2.45) is 0 Å². The molecule has 3 heteroatoms. The van der Waals surface area contributed by atoms with E-state index in [9.17, 15) is 0 Å². The molecule has 0 unspecified atom stereocenters. The number of alkyl halides is 1. The maximum atomic E-state index is 5.99. The number of hydrogen-bond acceptors (Lipinski definition) is 2. The maximum absolute atomic E-state index is 5.99. The molecule has 0 aliphatic rings. The first-order valence-corrected chi connectivity index (χ1v) is 7.57. The van der Waals surface area contributed by atoms with Gasteiger partial charge in [-0.3, -0.25) is 4.98 Å². The highest BCUT2D eigenvalue weighted by Gasteiger charge is 2.05. The third-order valence-electron chi connectivity index (χ3n) is 3.28. The van der Waals surface area contributed by atoms with E-state index in [0.29, 0.717) is 0 Å². The van der Waals surface area contributed by atoms with Gasteiger partial charge >= 0.3 is 0 Å². The van der Waals surface area contributed by atoms with Gasteiger partial charge in [-0.2, -0.15) is 0 Å². The summed E-state index contributed by atoms with van der Waals surface area (Å²) in [6, 6.07) is 16.1. The second-order valence-corrected chi connectivity index (χ2v) is 5.22. The molecule has 3 rings (SSSR count). The van der Waals surface area contributed by atoms with Crippen molar-refractivity contribution >= 4 is 26.8 Å². The van der Waals surface area contributed by atoms with E-state index in [-0.39, 0.29) is 0 Å². The summed E-state index contributed by atoms with van der Waals surface area (Å²) in [5.41, 5.74) is 3.37. The van der Waals surface area contributed by atoms with Gasteiger partial charge in [0.25, 0.3) is 0 Å². The number of ether oxygens (including phenoxy) is 1. The summed E-state index contributed by atoms with van der Waals surface area (Å²) in [5, 5.41) is 1.94. The summed E-state index contributed by atoms with van der Waals surface area (Å²) in [6.07, 6.45) is 1.79. The van der Waals surface area contributed by atoms with Crippen LogP contribution in [0.5, 0.6) is 11.5 Å². The van der Waals surface area contributed by atoms with Crippen molar-refractivity contribution in [3.63, 3.8) is 0 Å². The van der Waals surface area contributed by atoms with Crippen molar-refractivity contribution in [2.45, 2.75) is 12.3 Å². The molecular formula is C17H14BrNO. The Morgan fingerprint density at radius 2 is 1.95 bits per heavy atom. The first-order valence-electron chi connectivity index (χ1n) is 6.45. The fourth-order valence-corrected chi connectivity index (χ4v) is 2.80. The first kappa shape index (κ1) is 13.1. The summed E-state index contributed by atoms with van der Waals surface area (Å²) >= 11 is 3.48. The van der Waals surface area contributed by atoms with Crippen LogP contribution in [0.15, 0.2) is 54.7 Å². The van der Waals surface area contributed by atoms with E-state index in [0.717, 1.165) is 27.7 Å². The van der Waals surface area contributed by atoms with Crippen molar-refractivity contribution in [3.05, 3.63) is 65.9 Å². The molecule has 0 saturated carbocycles. The van der Waals surface area contributed by atoms with E-state index < -0.39 is 0 Å². The molecule has 0 radical (unpaired) electrons. The fraction of sp³-hybridized carbons (Fsp3) is 0.118. The lowest BCUT2D eigenvalue weighted by atomic mass is 10.1. The lowest BCUT2D eigenvalue weighted by Gasteiger charge is -2.10. The highest BCUT2D eigenvalue weighted by atomic mass is 79.9. The normalized spacial score (nSPS) is 10.7. The Morgan fingerprint density at radius 3 is 2.75 bits per heavy atom. The molecule has 0 atom stereocenters. The number of fused-ring (bicyclic) bond motifs is 1. The third-order valence-corrected chi connectivity index (χ3v) is 3.89. The monoisotopic (exact) mass is 327 g/mol. The van der Waals surface area contributed by atoms with Gasteiger partial charge in [0.05, 0.1) is 0 Å². The predicted octanol–water partition coefficient (Wildman–Crippen LogP) is 5.23. The lowest BCUT2D eigenvalue weighted by Crippen LogP contribution is -1.90. The van der Waals surface area contributed by atoms with Crippen LogP contribution < -0.4 is 4.74 Å². The standard InChI is InChI=1S/C17H14BrNO/c1-12-10-15(8-7-14(12)11-18)20-16-6-2-4-13-5-3-9-19-17(13)16/h2-10H,11H2,1H3. The minimum absolute atomic E-state index is 0.786. The Kier molecular flexibility index (Phi) is 3.70. The number of aryl methyl sites for hydroxylation is 1.